The Kier molecular flexibility index (Phi) is 3.09. The monoisotopic (exact) mass is 284 g/mol. The van der Waals surface area contributed by atoms with Gasteiger partial charge in [-0.05, 0) is 36.8 Å². The molecule has 0 saturated carbocycles. The molecule has 0 spiro atoms. The highest BCUT2D eigenvalue weighted by Gasteiger charge is 2.39. The van der Waals surface area contributed by atoms with Crippen LogP contribution in [0.5, 0.6) is 11.5 Å². The molecule has 1 heterocycles. The molecule has 0 amide bonds. The zero-order chi connectivity index (χ0) is 15.0. The van der Waals surface area contributed by atoms with E-state index < -0.39 is 5.60 Å². The van der Waals surface area contributed by atoms with Crippen LogP contribution in [0.3, 0.4) is 0 Å². The minimum absolute atomic E-state index is 0.0884. The van der Waals surface area contributed by atoms with E-state index in [0.29, 0.717) is 23.3 Å². The molecule has 108 valence electrons. The molecule has 1 aliphatic heterocycles. The first-order chi connectivity index (χ1) is 10.0. The number of esters is 1. The fourth-order valence-corrected chi connectivity index (χ4v) is 2.75. The first-order valence-electron chi connectivity index (χ1n) is 6.72. The van der Waals surface area contributed by atoms with Gasteiger partial charge in [0.25, 0.3) is 0 Å². The van der Waals surface area contributed by atoms with Gasteiger partial charge in [0.2, 0.25) is 0 Å². The summed E-state index contributed by atoms with van der Waals surface area (Å²) in [6, 6.07) is 12.3. The summed E-state index contributed by atoms with van der Waals surface area (Å²) in [4.78, 5) is 12.2. The molecule has 4 nitrogen and oxygen atoms in total. The zero-order valence-corrected chi connectivity index (χ0v) is 11.9. The van der Waals surface area contributed by atoms with Gasteiger partial charge in [-0.3, -0.25) is 0 Å². The minimum atomic E-state index is -0.913. The second kappa shape index (κ2) is 4.81. The van der Waals surface area contributed by atoms with Crippen molar-refractivity contribution in [3.05, 3.63) is 59.2 Å². The molecule has 1 unspecified atom stereocenters. The average molecular weight is 284 g/mol. The number of cyclic esters (lactones) is 1. The summed E-state index contributed by atoms with van der Waals surface area (Å²) in [5.41, 5.74) is 1.13. The smallest absolute Gasteiger partial charge is 0.339 e. The van der Waals surface area contributed by atoms with Crippen molar-refractivity contribution in [3.8, 4) is 11.5 Å². The molecule has 3 rings (SSSR count). The van der Waals surface area contributed by atoms with Gasteiger partial charge in [-0.15, -0.1) is 0 Å². The quantitative estimate of drug-likeness (QED) is 0.861. The highest BCUT2D eigenvalue weighted by molar-refractivity contribution is 5.92. The molecule has 0 aromatic heterocycles. The van der Waals surface area contributed by atoms with Gasteiger partial charge >= 0.3 is 5.97 Å². The van der Waals surface area contributed by atoms with E-state index in [1.54, 1.807) is 38.3 Å². The Morgan fingerprint density at radius 1 is 1.24 bits per heavy atom. The van der Waals surface area contributed by atoms with Crippen molar-refractivity contribution in [2.75, 3.05) is 7.11 Å². The third-order valence-electron chi connectivity index (χ3n) is 3.86. The number of rotatable bonds is 2. The molecule has 1 aliphatic rings. The van der Waals surface area contributed by atoms with Gasteiger partial charge in [-0.1, -0.05) is 18.2 Å². The number of carbonyl (C=O) groups excluding carboxylic acids is 1. The number of phenols is 1. The molecule has 0 fully saturated rings. The van der Waals surface area contributed by atoms with E-state index in [0.717, 1.165) is 5.56 Å². The van der Waals surface area contributed by atoms with Crippen molar-refractivity contribution < 1.29 is 19.4 Å². The first kappa shape index (κ1) is 13.5. The van der Waals surface area contributed by atoms with Crippen LogP contribution in [0.4, 0.5) is 0 Å². The molecule has 21 heavy (non-hydrogen) atoms. The molecular formula is C17H16O4. The Bertz CT molecular complexity index is 708. The van der Waals surface area contributed by atoms with Gasteiger partial charge < -0.3 is 14.6 Å². The van der Waals surface area contributed by atoms with Crippen LogP contribution in [0.15, 0.2) is 42.5 Å². The Labute approximate surface area is 122 Å². The number of benzene rings is 2. The lowest BCUT2D eigenvalue weighted by Gasteiger charge is -2.35. The van der Waals surface area contributed by atoms with E-state index in [-0.39, 0.29) is 11.7 Å². The fourth-order valence-electron chi connectivity index (χ4n) is 2.75. The lowest BCUT2D eigenvalue weighted by molar-refractivity contribution is -0.0191. The molecule has 0 aliphatic carbocycles. The summed E-state index contributed by atoms with van der Waals surface area (Å²) in [6.07, 6.45) is 0.510. The van der Waals surface area contributed by atoms with Crippen LogP contribution in [-0.4, -0.2) is 18.2 Å². The Morgan fingerprint density at radius 2 is 2.00 bits per heavy atom. The van der Waals surface area contributed by atoms with Crippen LogP contribution in [0, 0.1) is 0 Å². The molecular weight excluding hydrogens is 268 g/mol. The standard InChI is InChI=1S/C17H16O4/c1-17(14-9-12(20-2)7-8-15(14)18)10-11-5-3-4-6-13(11)16(19)21-17/h3-9,18H,10H2,1-2H3. The summed E-state index contributed by atoms with van der Waals surface area (Å²) >= 11 is 0. The van der Waals surface area contributed by atoms with Crippen LogP contribution in [-0.2, 0) is 16.8 Å². The third kappa shape index (κ3) is 2.23. The van der Waals surface area contributed by atoms with Gasteiger partial charge in [-0.25, -0.2) is 4.79 Å². The normalized spacial score (nSPS) is 20.6. The SMILES string of the molecule is COc1ccc(O)c(C2(C)Cc3ccccc3C(=O)O2)c1. The summed E-state index contributed by atoms with van der Waals surface area (Å²) in [5, 5.41) is 10.1. The van der Waals surface area contributed by atoms with Crippen LogP contribution in [0.1, 0.15) is 28.4 Å². The summed E-state index contributed by atoms with van der Waals surface area (Å²) in [5.74, 6) is 0.325. The maximum atomic E-state index is 12.2. The molecule has 0 radical (unpaired) electrons. The molecule has 2 aromatic carbocycles. The second-order valence-electron chi connectivity index (χ2n) is 5.34. The summed E-state index contributed by atoms with van der Waals surface area (Å²) < 4.78 is 10.8. The number of aromatic hydroxyl groups is 1. The number of hydrogen-bond donors (Lipinski definition) is 1. The van der Waals surface area contributed by atoms with Crippen molar-refractivity contribution in [3.63, 3.8) is 0 Å². The Morgan fingerprint density at radius 3 is 2.76 bits per heavy atom. The largest absolute Gasteiger partial charge is 0.508 e. The van der Waals surface area contributed by atoms with Crippen molar-refractivity contribution >= 4 is 5.97 Å². The van der Waals surface area contributed by atoms with Crippen molar-refractivity contribution in [1.29, 1.82) is 0 Å². The Hall–Kier alpha value is -2.49. The number of ether oxygens (including phenoxy) is 2. The minimum Gasteiger partial charge on any atom is -0.508 e. The van der Waals surface area contributed by atoms with Gasteiger partial charge in [0.05, 0.1) is 12.7 Å². The highest BCUT2D eigenvalue weighted by Crippen LogP contribution is 2.41. The molecule has 4 heteroatoms. The number of phenolic OH excluding ortho intramolecular Hbond substituents is 1. The third-order valence-corrected chi connectivity index (χ3v) is 3.86. The highest BCUT2D eigenvalue weighted by atomic mass is 16.6. The van der Waals surface area contributed by atoms with Gasteiger partial charge in [-0.2, -0.15) is 0 Å². The maximum Gasteiger partial charge on any atom is 0.339 e. The van der Waals surface area contributed by atoms with Crippen molar-refractivity contribution in [2.45, 2.75) is 18.9 Å². The first-order valence-corrected chi connectivity index (χ1v) is 6.72. The lowest BCUT2D eigenvalue weighted by atomic mass is 9.84. The maximum absolute atomic E-state index is 12.2. The average Bonchev–Trinajstić information content (AvgIpc) is 2.47. The van der Waals surface area contributed by atoms with E-state index in [1.165, 1.54) is 0 Å². The predicted octanol–water partition coefficient (Wildman–Crippen LogP) is 3.03. The van der Waals surface area contributed by atoms with E-state index in [9.17, 15) is 9.90 Å². The van der Waals surface area contributed by atoms with Crippen LogP contribution in [0.2, 0.25) is 0 Å². The summed E-state index contributed by atoms with van der Waals surface area (Å²) in [7, 11) is 1.56. The van der Waals surface area contributed by atoms with Crippen molar-refractivity contribution in [2.24, 2.45) is 0 Å². The van der Waals surface area contributed by atoms with E-state index in [2.05, 4.69) is 0 Å². The number of methoxy groups -OCH3 is 1. The second-order valence-corrected chi connectivity index (χ2v) is 5.34. The van der Waals surface area contributed by atoms with Crippen LogP contribution in [0.25, 0.3) is 0 Å². The number of hydrogen-bond acceptors (Lipinski definition) is 4. The van der Waals surface area contributed by atoms with Crippen LogP contribution < -0.4 is 4.74 Å². The molecule has 0 bridgehead atoms. The fraction of sp³-hybridized carbons (Fsp3) is 0.235. The van der Waals surface area contributed by atoms with Crippen LogP contribution >= 0.6 is 0 Å². The Balaban J connectivity index is 2.09. The number of fused-ring (bicyclic) bond motifs is 1. The topological polar surface area (TPSA) is 55.8 Å². The predicted molar refractivity (Wildman–Crippen MR) is 77.6 cm³/mol. The van der Waals surface area contributed by atoms with Gasteiger partial charge in [0.15, 0.2) is 0 Å². The van der Waals surface area contributed by atoms with E-state index >= 15 is 0 Å². The molecule has 1 atom stereocenters. The zero-order valence-electron chi connectivity index (χ0n) is 11.9. The summed E-state index contributed by atoms with van der Waals surface area (Å²) in [6.45, 7) is 1.80. The molecule has 2 aromatic rings. The van der Waals surface area contributed by atoms with Gasteiger partial charge in [0, 0.05) is 12.0 Å². The van der Waals surface area contributed by atoms with E-state index in [4.69, 9.17) is 9.47 Å². The van der Waals surface area contributed by atoms with Crippen molar-refractivity contribution in [1.82, 2.24) is 0 Å². The van der Waals surface area contributed by atoms with Gasteiger partial charge in [0.1, 0.15) is 17.1 Å². The number of carbonyl (C=O) groups is 1. The van der Waals surface area contributed by atoms with E-state index in [1.807, 2.05) is 18.2 Å². The molecule has 1 N–H and O–H groups in total. The molecule has 0 saturated heterocycles. The lowest BCUT2D eigenvalue weighted by Crippen LogP contribution is -2.36.